The lowest BCUT2D eigenvalue weighted by molar-refractivity contribution is 0.571. The Balaban J connectivity index is 2.96. The first-order valence-electron chi connectivity index (χ1n) is 7.60. The van der Waals surface area contributed by atoms with Crippen LogP contribution >= 0.6 is 0 Å². The van der Waals surface area contributed by atoms with Crippen LogP contribution in [0.3, 0.4) is 0 Å². The van der Waals surface area contributed by atoms with Gasteiger partial charge in [0.1, 0.15) is 0 Å². The first kappa shape index (κ1) is 16.5. The van der Waals surface area contributed by atoms with E-state index >= 15 is 0 Å². The van der Waals surface area contributed by atoms with Gasteiger partial charge in [0.15, 0.2) is 0 Å². The predicted octanol–water partition coefficient (Wildman–Crippen LogP) is 6.23. The molecule has 0 atom stereocenters. The number of hydrogen-bond donors (Lipinski definition) is 0. The third kappa shape index (κ3) is 15.5. The summed E-state index contributed by atoms with van der Waals surface area (Å²) in [7, 11) is 0. The maximum Gasteiger partial charge on any atom is -0.0348 e. The molecule has 0 aromatic rings. The summed E-state index contributed by atoms with van der Waals surface area (Å²) in [6.45, 7) is 7.57. The van der Waals surface area contributed by atoms with Gasteiger partial charge in [-0.1, -0.05) is 76.7 Å². The second kappa shape index (κ2) is 15.5. The third-order valence-corrected chi connectivity index (χ3v) is 3.11. The monoisotopic (exact) mass is 235 g/mol. The summed E-state index contributed by atoms with van der Waals surface area (Å²) in [5.41, 5.74) is 0. The molecule has 0 heteroatoms. The van der Waals surface area contributed by atoms with Crippen LogP contribution in [-0.2, 0) is 0 Å². The highest BCUT2D eigenvalue weighted by atomic mass is 14.0. The Labute approximate surface area is 109 Å². The summed E-state index contributed by atoms with van der Waals surface area (Å²) >= 11 is 0. The molecule has 0 spiro atoms. The van der Waals surface area contributed by atoms with Crippen molar-refractivity contribution in [2.45, 2.75) is 84.0 Å². The van der Waals surface area contributed by atoms with E-state index in [0.29, 0.717) is 0 Å². The number of allylic oxidation sites excluding steroid dienone is 3. The van der Waals surface area contributed by atoms with E-state index in [1.807, 2.05) is 0 Å². The first-order valence-corrected chi connectivity index (χ1v) is 7.60. The molecule has 99 valence electrons. The lowest BCUT2D eigenvalue weighted by atomic mass is 10.1. The van der Waals surface area contributed by atoms with E-state index < -0.39 is 0 Å². The highest BCUT2D eigenvalue weighted by molar-refractivity contribution is 4.80. The molecular weight excluding hydrogens is 204 g/mol. The van der Waals surface area contributed by atoms with Gasteiger partial charge in [-0.3, -0.25) is 0 Å². The van der Waals surface area contributed by atoms with E-state index in [2.05, 4.69) is 19.1 Å². The van der Waals surface area contributed by atoms with Crippen molar-refractivity contribution in [3.63, 3.8) is 0 Å². The van der Waals surface area contributed by atoms with Crippen LogP contribution in [0, 0.1) is 6.58 Å². The Kier molecular flexibility index (Phi) is 15.0. The maximum absolute atomic E-state index is 5.34. The molecule has 0 N–H and O–H groups in total. The molecule has 0 amide bonds. The van der Waals surface area contributed by atoms with Crippen molar-refractivity contribution in [3.05, 3.63) is 24.8 Å². The molecule has 17 heavy (non-hydrogen) atoms. The second-order valence-electron chi connectivity index (χ2n) is 4.90. The van der Waals surface area contributed by atoms with E-state index in [1.165, 1.54) is 70.6 Å². The quantitative estimate of drug-likeness (QED) is 0.262. The Morgan fingerprint density at radius 2 is 1.12 bits per heavy atom. The van der Waals surface area contributed by atoms with Crippen molar-refractivity contribution in [2.75, 3.05) is 0 Å². The summed E-state index contributed by atoms with van der Waals surface area (Å²) < 4.78 is 0. The van der Waals surface area contributed by atoms with Crippen LogP contribution in [0.1, 0.15) is 84.0 Å². The zero-order valence-corrected chi connectivity index (χ0v) is 11.8. The molecule has 0 saturated carbocycles. The minimum Gasteiger partial charge on any atom is -0.0885 e. The molecule has 0 aliphatic rings. The molecule has 0 fully saturated rings. The maximum atomic E-state index is 5.34. The molecule has 0 nitrogen and oxygen atoms in total. The van der Waals surface area contributed by atoms with E-state index in [0.717, 1.165) is 6.42 Å². The van der Waals surface area contributed by atoms with Crippen LogP contribution in [-0.4, -0.2) is 0 Å². The average Bonchev–Trinajstić information content (AvgIpc) is 2.35. The standard InChI is InChI=1S/C17H31/c1-3-5-7-9-11-13-15-17-16-14-12-10-8-6-4-2/h1,3,8,10H,4-7,9,11-17H2,2H3/b3-1?,10-8+. The number of unbranched alkanes of at least 4 members (excludes halogenated alkanes) is 10. The molecule has 1 radical (unpaired) electrons. The van der Waals surface area contributed by atoms with Crippen LogP contribution in [0.5, 0.6) is 0 Å². The van der Waals surface area contributed by atoms with Crippen molar-refractivity contribution in [2.24, 2.45) is 0 Å². The lowest BCUT2D eigenvalue weighted by Crippen LogP contribution is -1.81. The highest BCUT2D eigenvalue weighted by Gasteiger charge is 1.91. The van der Waals surface area contributed by atoms with Gasteiger partial charge in [-0.25, -0.2) is 0 Å². The highest BCUT2D eigenvalue weighted by Crippen LogP contribution is 2.10. The van der Waals surface area contributed by atoms with Gasteiger partial charge in [-0.2, -0.15) is 0 Å². The minimum absolute atomic E-state index is 1.09. The largest absolute Gasteiger partial charge is 0.0885 e. The van der Waals surface area contributed by atoms with E-state index in [1.54, 1.807) is 6.08 Å². The summed E-state index contributed by atoms with van der Waals surface area (Å²) in [4.78, 5) is 0. The minimum atomic E-state index is 1.09. The molecule has 0 saturated heterocycles. The summed E-state index contributed by atoms with van der Waals surface area (Å²) in [5, 5.41) is 0. The summed E-state index contributed by atoms with van der Waals surface area (Å²) in [6, 6.07) is 0. The van der Waals surface area contributed by atoms with Gasteiger partial charge in [0.05, 0.1) is 0 Å². The Morgan fingerprint density at radius 3 is 1.65 bits per heavy atom. The molecule has 0 unspecified atom stereocenters. The lowest BCUT2D eigenvalue weighted by Gasteiger charge is -2.00. The van der Waals surface area contributed by atoms with Crippen molar-refractivity contribution >= 4 is 0 Å². The SMILES string of the molecule is [CH]=CCCCCCCCCCC/C=C/CCC. The average molecular weight is 235 g/mol. The van der Waals surface area contributed by atoms with Crippen LogP contribution in [0.25, 0.3) is 0 Å². The van der Waals surface area contributed by atoms with Gasteiger partial charge in [0, 0.05) is 0 Å². The Morgan fingerprint density at radius 1 is 0.647 bits per heavy atom. The van der Waals surface area contributed by atoms with Crippen molar-refractivity contribution in [3.8, 4) is 0 Å². The van der Waals surface area contributed by atoms with Gasteiger partial charge >= 0.3 is 0 Å². The molecule has 0 bridgehead atoms. The smallest absolute Gasteiger partial charge is 0.0348 e. The molecule has 0 rings (SSSR count). The van der Waals surface area contributed by atoms with Crippen molar-refractivity contribution < 1.29 is 0 Å². The van der Waals surface area contributed by atoms with Crippen LogP contribution in [0.2, 0.25) is 0 Å². The predicted molar refractivity (Wildman–Crippen MR) is 79.1 cm³/mol. The van der Waals surface area contributed by atoms with E-state index in [9.17, 15) is 0 Å². The van der Waals surface area contributed by atoms with E-state index in [4.69, 9.17) is 6.58 Å². The van der Waals surface area contributed by atoms with Crippen LogP contribution in [0.15, 0.2) is 18.2 Å². The van der Waals surface area contributed by atoms with Crippen molar-refractivity contribution in [1.82, 2.24) is 0 Å². The van der Waals surface area contributed by atoms with Gasteiger partial charge in [-0.05, 0) is 32.1 Å². The fourth-order valence-corrected chi connectivity index (χ4v) is 1.99. The van der Waals surface area contributed by atoms with E-state index in [-0.39, 0.29) is 0 Å². The summed E-state index contributed by atoms with van der Waals surface area (Å²) in [5.74, 6) is 0. The van der Waals surface area contributed by atoms with Crippen LogP contribution in [0.4, 0.5) is 0 Å². The second-order valence-corrected chi connectivity index (χ2v) is 4.90. The fraction of sp³-hybridized carbons (Fsp3) is 0.765. The fourth-order valence-electron chi connectivity index (χ4n) is 1.99. The molecule has 0 aromatic heterocycles. The Bertz CT molecular complexity index is 167. The topological polar surface area (TPSA) is 0 Å². The zero-order chi connectivity index (χ0) is 12.6. The first-order chi connectivity index (χ1) is 8.41. The molecule has 0 aliphatic heterocycles. The normalized spacial score (nSPS) is 11.1. The van der Waals surface area contributed by atoms with Gasteiger partial charge in [0.25, 0.3) is 0 Å². The summed E-state index contributed by atoms with van der Waals surface area (Å²) in [6.07, 6.45) is 22.4. The number of rotatable bonds is 13. The molecule has 0 heterocycles. The third-order valence-electron chi connectivity index (χ3n) is 3.11. The molecule has 0 aliphatic carbocycles. The zero-order valence-electron chi connectivity index (χ0n) is 11.8. The molecular formula is C17H31. The van der Waals surface area contributed by atoms with Crippen molar-refractivity contribution in [1.29, 1.82) is 0 Å². The van der Waals surface area contributed by atoms with Gasteiger partial charge < -0.3 is 0 Å². The van der Waals surface area contributed by atoms with Gasteiger partial charge in [0.2, 0.25) is 0 Å². The number of hydrogen-bond acceptors (Lipinski definition) is 0. The van der Waals surface area contributed by atoms with Crippen LogP contribution < -0.4 is 0 Å². The molecule has 0 aromatic carbocycles. The Hall–Kier alpha value is -0.520. The van der Waals surface area contributed by atoms with Gasteiger partial charge in [-0.15, -0.1) is 0 Å².